The van der Waals surface area contributed by atoms with E-state index < -0.39 is 0 Å². The third-order valence-corrected chi connectivity index (χ3v) is 3.15. The van der Waals surface area contributed by atoms with Crippen LogP contribution in [0.5, 0.6) is 0 Å². The average Bonchev–Trinajstić information content (AvgIpc) is 2.21. The highest BCUT2D eigenvalue weighted by atomic mass is 16.1. The van der Waals surface area contributed by atoms with Crippen LogP contribution in [0.2, 0.25) is 0 Å². The maximum Gasteiger partial charge on any atom is 0.155 e. The molecule has 1 heteroatoms. The van der Waals surface area contributed by atoms with E-state index in [1.807, 2.05) is 6.08 Å². The van der Waals surface area contributed by atoms with Crippen molar-refractivity contribution in [3.05, 3.63) is 11.6 Å². The van der Waals surface area contributed by atoms with Gasteiger partial charge < -0.3 is 0 Å². The largest absolute Gasteiger partial charge is 0.295 e. The highest BCUT2D eigenvalue weighted by Gasteiger charge is 2.01. The van der Waals surface area contributed by atoms with Crippen LogP contribution in [0.3, 0.4) is 0 Å². The Bertz CT molecular complexity index is 215. The summed E-state index contributed by atoms with van der Waals surface area (Å²) in [4.78, 5) is 11.5. The van der Waals surface area contributed by atoms with Gasteiger partial charge in [-0.2, -0.15) is 0 Å². The minimum atomic E-state index is 0.340. The van der Waals surface area contributed by atoms with Gasteiger partial charge in [-0.3, -0.25) is 4.79 Å². The first-order valence-corrected chi connectivity index (χ1v) is 6.49. The summed E-state index contributed by atoms with van der Waals surface area (Å²) in [5.41, 5.74) is 1.28. The molecular weight excluding hydrogens is 184 g/mol. The summed E-state index contributed by atoms with van der Waals surface area (Å²) >= 11 is 0. The van der Waals surface area contributed by atoms with Crippen LogP contribution in [-0.2, 0) is 4.79 Å². The van der Waals surface area contributed by atoms with Crippen LogP contribution in [0.4, 0.5) is 0 Å². The highest BCUT2D eigenvalue weighted by molar-refractivity contribution is 5.90. The fourth-order valence-corrected chi connectivity index (χ4v) is 2.18. The van der Waals surface area contributed by atoms with E-state index in [4.69, 9.17) is 0 Å². The van der Waals surface area contributed by atoms with Gasteiger partial charge in [-0.15, -0.1) is 0 Å². The lowest BCUT2D eigenvalue weighted by Gasteiger charge is -2.01. The van der Waals surface area contributed by atoms with Gasteiger partial charge in [0.05, 0.1) is 0 Å². The monoisotopic (exact) mass is 208 g/mol. The van der Waals surface area contributed by atoms with E-state index in [1.54, 1.807) is 0 Å². The molecule has 0 saturated carbocycles. The molecule has 0 unspecified atom stereocenters. The van der Waals surface area contributed by atoms with Crippen LogP contribution in [0, 0.1) is 0 Å². The van der Waals surface area contributed by atoms with E-state index in [0.717, 1.165) is 19.3 Å². The molecule has 0 radical (unpaired) electrons. The lowest BCUT2D eigenvalue weighted by atomic mass is 10.1. The topological polar surface area (TPSA) is 17.1 Å². The Labute approximate surface area is 93.9 Å². The van der Waals surface area contributed by atoms with Crippen molar-refractivity contribution in [2.45, 2.75) is 71.1 Å². The number of hydrogen-bond acceptors (Lipinski definition) is 1. The Morgan fingerprint density at radius 1 is 0.800 bits per heavy atom. The van der Waals surface area contributed by atoms with Crippen molar-refractivity contribution < 1.29 is 4.79 Å². The fourth-order valence-electron chi connectivity index (χ4n) is 2.18. The summed E-state index contributed by atoms with van der Waals surface area (Å²) in [5.74, 6) is 0.340. The van der Waals surface area contributed by atoms with Gasteiger partial charge in [0, 0.05) is 6.42 Å². The summed E-state index contributed by atoms with van der Waals surface area (Å²) in [5, 5.41) is 0. The molecule has 0 amide bonds. The SMILES string of the molecule is CC1=CC(=O)CCCCCCCCCC1. The molecule has 86 valence electrons. The summed E-state index contributed by atoms with van der Waals surface area (Å²) in [6.45, 7) is 2.09. The molecule has 1 rings (SSSR count). The Morgan fingerprint density at radius 2 is 1.27 bits per heavy atom. The van der Waals surface area contributed by atoms with Gasteiger partial charge in [0.15, 0.2) is 5.78 Å². The molecule has 0 atom stereocenters. The first kappa shape index (κ1) is 12.5. The Hall–Kier alpha value is -0.590. The molecule has 1 aliphatic rings. The van der Waals surface area contributed by atoms with Crippen LogP contribution in [0.25, 0.3) is 0 Å². The smallest absolute Gasteiger partial charge is 0.155 e. The van der Waals surface area contributed by atoms with E-state index in [0.29, 0.717) is 5.78 Å². The van der Waals surface area contributed by atoms with Crippen LogP contribution in [0.15, 0.2) is 11.6 Å². The quantitative estimate of drug-likeness (QED) is 0.576. The van der Waals surface area contributed by atoms with Crippen molar-refractivity contribution in [1.82, 2.24) is 0 Å². The minimum absolute atomic E-state index is 0.340. The standard InChI is InChI=1S/C14H24O/c1-13-10-8-6-4-2-3-5-7-9-11-14(15)12-13/h12H,2-11H2,1H3. The first-order chi connectivity index (χ1) is 7.29. The van der Waals surface area contributed by atoms with E-state index in [-0.39, 0.29) is 0 Å². The maximum absolute atomic E-state index is 11.5. The van der Waals surface area contributed by atoms with Crippen LogP contribution < -0.4 is 0 Å². The maximum atomic E-state index is 11.5. The zero-order valence-electron chi connectivity index (χ0n) is 10.1. The van der Waals surface area contributed by atoms with Gasteiger partial charge in [0.25, 0.3) is 0 Å². The molecule has 15 heavy (non-hydrogen) atoms. The molecule has 0 aliphatic heterocycles. The summed E-state index contributed by atoms with van der Waals surface area (Å²) in [7, 11) is 0. The van der Waals surface area contributed by atoms with Gasteiger partial charge in [-0.25, -0.2) is 0 Å². The predicted octanol–water partition coefficient (Wildman–Crippen LogP) is 4.42. The van der Waals surface area contributed by atoms with Gasteiger partial charge in [-0.05, 0) is 32.3 Å². The molecule has 1 nitrogen and oxygen atoms in total. The van der Waals surface area contributed by atoms with Crippen LogP contribution in [0.1, 0.15) is 71.1 Å². The molecular formula is C14H24O. The molecule has 0 fully saturated rings. The molecule has 0 aromatic heterocycles. The second kappa shape index (κ2) is 7.67. The Morgan fingerprint density at radius 3 is 1.87 bits per heavy atom. The molecule has 1 aliphatic carbocycles. The number of carbonyl (C=O) groups is 1. The first-order valence-electron chi connectivity index (χ1n) is 6.49. The Kier molecular flexibility index (Phi) is 6.38. The van der Waals surface area contributed by atoms with E-state index in [1.165, 1.54) is 50.5 Å². The summed E-state index contributed by atoms with van der Waals surface area (Å²) in [6, 6.07) is 0. The third-order valence-electron chi connectivity index (χ3n) is 3.15. The lowest BCUT2D eigenvalue weighted by Crippen LogP contribution is -1.94. The van der Waals surface area contributed by atoms with Crippen molar-refractivity contribution in [3.8, 4) is 0 Å². The molecule has 0 heterocycles. The van der Waals surface area contributed by atoms with Crippen molar-refractivity contribution in [3.63, 3.8) is 0 Å². The fraction of sp³-hybridized carbons (Fsp3) is 0.786. The number of ketones is 1. The molecule has 0 N–H and O–H groups in total. The Balaban J connectivity index is 2.37. The van der Waals surface area contributed by atoms with Gasteiger partial charge in [0.1, 0.15) is 0 Å². The molecule has 0 aromatic carbocycles. The molecule has 0 aromatic rings. The van der Waals surface area contributed by atoms with Crippen molar-refractivity contribution in [2.24, 2.45) is 0 Å². The number of hydrogen-bond donors (Lipinski definition) is 0. The van der Waals surface area contributed by atoms with Crippen molar-refractivity contribution >= 4 is 5.78 Å². The van der Waals surface area contributed by atoms with Crippen LogP contribution in [-0.4, -0.2) is 5.78 Å². The summed E-state index contributed by atoms with van der Waals surface area (Å²) < 4.78 is 0. The number of allylic oxidation sites excluding steroid dienone is 2. The predicted molar refractivity (Wildman–Crippen MR) is 64.9 cm³/mol. The lowest BCUT2D eigenvalue weighted by molar-refractivity contribution is -0.114. The molecule has 0 bridgehead atoms. The third kappa shape index (κ3) is 6.48. The second-order valence-corrected chi connectivity index (χ2v) is 4.79. The van der Waals surface area contributed by atoms with Crippen molar-refractivity contribution in [1.29, 1.82) is 0 Å². The average molecular weight is 208 g/mol. The number of carbonyl (C=O) groups excluding carboxylic acids is 1. The van der Waals surface area contributed by atoms with E-state index >= 15 is 0 Å². The molecule has 0 saturated heterocycles. The zero-order chi connectivity index (χ0) is 10.9. The minimum Gasteiger partial charge on any atom is -0.295 e. The van der Waals surface area contributed by atoms with Gasteiger partial charge in [0.2, 0.25) is 0 Å². The normalized spacial score (nSPS) is 22.2. The number of rotatable bonds is 0. The zero-order valence-corrected chi connectivity index (χ0v) is 10.1. The second-order valence-electron chi connectivity index (χ2n) is 4.79. The molecule has 0 spiro atoms. The van der Waals surface area contributed by atoms with Crippen molar-refractivity contribution in [2.75, 3.05) is 0 Å². The van der Waals surface area contributed by atoms with E-state index in [2.05, 4.69) is 6.92 Å². The van der Waals surface area contributed by atoms with E-state index in [9.17, 15) is 4.79 Å². The summed E-state index contributed by atoms with van der Waals surface area (Å²) in [6.07, 6.45) is 14.1. The van der Waals surface area contributed by atoms with Gasteiger partial charge in [-0.1, -0.05) is 44.1 Å². The van der Waals surface area contributed by atoms with Gasteiger partial charge >= 0.3 is 0 Å². The van der Waals surface area contributed by atoms with Crippen LogP contribution >= 0.6 is 0 Å². The highest BCUT2D eigenvalue weighted by Crippen LogP contribution is 2.15.